The highest BCUT2D eigenvalue weighted by Crippen LogP contribution is 2.35. The Morgan fingerprint density at radius 3 is 3.00 bits per heavy atom. The molecule has 0 saturated carbocycles. The van der Waals surface area contributed by atoms with Crippen molar-refractivity contribution in [3.8, 4) is 0 Å². The van der Waals surface area contributed by atoms with Gasteiger partial charge in [-0.2, -0.15) is 0 Å². The Bertz CT molecular complexity index is 610. The molecule has 0 radical (unpaired) electrons. The Hall–Kier alpha value is -1.40. The number of rotatable bonds is 3. The van der Waals surface area contributed by atoms with Crippen LogP contribution in [0.4, 0.5) is 0 Å². The summed E-state index contributed by atoms with van der Waals surface area (Å²) in [6, 6.07) is 1.18. The van der Waals surface area contributed by atoms with E-state index in [4.69, 9.17) is 13.6 Å². The summed E-state index contributed by atoms with van der Waals surface area (Å²) in [5.74, 6) is -0.195. The van der Waals surface area contributed by atoms with Gasteiger partial charge >= 0.3 is 5.69 Å². The van der Waals surface area contributed by atoms with Crippen molar-refractivity contribution in [2.75, 3.05) is 7.04 Å². The van der Waals surface area contributed by atoms with Crippen molar-refractivity contribution in [1.82, 2.24) is 9.55 Å². The van der Waals surface area contributed by atoms with Crippen LogP contribution in [0.5, 0.6) is 0 Å². The van der Waals surface area contributed by atoms with E-state index < -0.39 is 30.6 Å². The topological polar surface area (TPSA) is 73.3 Å². The second-order valence-electron chi connectivity index (χ2n) is 4.43. The Morgan fingerprint density at radius 1 is 1.61 bits per heavy atom. The Kier molecular flexibility index (Phi) is 2.68. The molecule has 18 heavy (non-hydrogen) atoms. The molecule has 0 bridgehead atoms. The number of nitrogens with one attached hydrogen (secondary N) is 1. The van der Waals surface area contributed by atoms with Gasteiger partial charge in [0.25, 0.3) is 5.56 Å². The van der Waals surface area contributed by atoms with Crippen molar-refractivity contribution in [3.05, 3.63) is 33.1 Å². The number of ether oxygens (including phenoxy) is 2. The number of hydrogen-bond acceptors (Lipinski definition) is 4. The molecule has 2 heterocycles. The van der Waals surface area contributed by atoms with Crippen molar-refractivity contribution < 1.29 is 13.6 Å². The van der Waals surface area contributed by atoms with Gasteiger partial charge in [0.05, 0.1) is 10.2 Å². The first-order valence-corrected chi connectivity index (χ1v) is 5.87. The lowest BCUT2D eigenvalue weighted by atomic mass is 9.98. The lowest BCUT2D eigenvalue weighted by molar-refractivity contribution is -0.0530. The number of methoxy groups -OCH3 is 1. The van der Waals surface area contributed by atoms with Crippen LogP contribution in [-0.2, 0) is 9.47 Å². The Morgan fingerprint density at radius 2 is 2.39 bits per heavy atom. The number of nitrogens with zero attached hydrogens (tertiary/aromatic N) is 1. The molecule has 4 atom stereocenters. The van der Waals surface area contributed by atoms with Gasteiger partial charge in [-0.1, -0.05) is 13.8 Å². The second kappa shape index (κ2) is 5.07. The summed E-state index contributed by atoms with van der Waals surface area (Å²) in [6.07, 6.45) is 0.0466. The van der Waals surface area contributed by atoms with E-state index in [9.17, 15) is 9.59 Å². The maximum absolute atomic E-state index is 11.9. The molecular weight excluding hydrogens is 236 g/mol. The molecule has 0 amide bonds. The van der Waals surface area contributed by atoms with E-state index in [-0.39, 0.29) is 12.0 Å². The van der Waals surface area contributed by atoms with Gasteiger partial charge in [-0.05, 0) is 6.42 Å². The van der Waals surface area contributed by atoms with Crippen LogP contribution in [-0.4, -0.2) is 28.8 Å². The fourth-order valence-electron chi connectivity index (χ4n) is 2.34. The van der Waals surface area contributed by atoms with Crippen molar-refractivity contribution in [3.63, 3.8) is 0 Å². The largest absolute Gasteiger partial charge is 0.376 e. The zero-order valence-corrected chi connectivity index (χ0v) is 10.3. The first-order chi connectivity index (χ1) is 9.73. The molecule has 1 N–H and O–H groups in total. The summed E-state index contributed by atoms with van der Waals surface area (Å²) in [5, 5.41) is 0. The van der Waals surface area contributed by atoms with Crippen LogP contribution in [0.3, 0.4) is 0 Å². The molecule has 1 aromatic rings. The van der Waals surface area contributed by atoms with E-state index in [1.165, 1.54) is 12.3 Å². The fourth-order valence-corrected chi connectivity index (χ4v) is 2.34. The van der Waals surface area contributed by atoms with Gasteiger partial charge in [-0.25, -0.2) is 4.79 Å². The van der Waals surface area contributed by atoms with Crippen LogP contribution in [0.25, 0.3) is 0 Å². The molecule has 6 nitrogen and oxygen atoms in total. The van der Waals surface area contributed by atoms with Crippen LogP contribution in [0, 0.1) is 5.92 Å². The summed E-state index contributed by atoms with van der Waals surface area (Å²) in [7, 11) is -2.59. The van der Waals surface area contributed by atoms with Crippen LogP contribution >= 0.6 is 0 Å². The smallest absolute Gasteiger partial charge is 0.330 e. The van der Waals surface area contributed by atoms with Gasteiger partial charge in [-0.15, -0.1) is 0 Å². The van der Waals surface area contributed by atoms with Gasteiger partial charge in [0.2, 0.25) is 0 Å². The number of H-pyrrole nitrogens is 1. The van der Waals surface area contributed by atoms with E-state index in [1.54, 1.807) is 0 Å². The molecule has 0 aromatic carbocycles. The van der Waals surface area contributed by atoms with E-state index >= 15 is 0 Å². The van der Waals surface area contributed by atoms with E-state index in [0.29, 0.717) is 6.42 Å². The van der Waals surface area contributed by atoms with Gasteiger partial charge < -0.3 is 9.47 Å². The monoisotopic (exact) mass is 257 g/mol. The number of hydrogen-bond donors (Lipinski definition) is 1. The summed E-state index contributed by atoms with van der Waals surface area (Å²) >= 11 is 0. The zero-order chi connectivity index (χ0) is 15.8. The third-order valence-electron chi connectivity index (χ3n) is 3.36. The van der Waals surface area contributed by atoms with Gasteiger partial charge in [0, 0.05) is 25.2 Å². The summed E-state index contributed by atoms with van der Waals surface area (Å²) < 4.78 is 33.8. The summed E-state index contributed by atoms with van der Waals surface area (Å²) in [5.41, 5.74) is -1.18. The highest BCUT2D eigenvalue weighted by molar-refractivity contribution is 4.91. The first-order valence-electron chi connectivity index (χ1n) is 7.37. The molecule has 0 unspecified atom stereocenters. The molecule has 0 spiro atoms. The Balaban J connectivity index is 2.38. The van der Waals surface area contributed by atoms with E-state index in [0.717, 1.165) is 4.57 Å². The zero-order valence-electron chi connectivity index (χ0n) is 13.3. The molecule has 1 aliphatic heterocycles. The van der Waals surface area contributed by atoms with Crippen molar-refractivity contribution >= 4 is 0 Å². The SMILES string of the molecule is [2H]C([2H])([2H])O[C@@H]1[C@H](C)[C@@H](CC)O[C@H]1n1ccc(=O)[nH]c1=O. The number of aromatic nitrogens is 2. The van der Waals surface area contributed by atoms with E-state index in [2.05, 4.69) is 4.98 Å². The normalized spacial score (nSPS) is 34.9. The minimum Gasteiger partial charge on any atom is -0.376 e. The highest BCUT2D eigenvalue weighted by Gasteiger charge is 2.42. The molecular formula is C12H18N2O4. The Labute approximate surface area is 109 Å². The fraction of sp³-hybridized carbons (Fsp3) is 0.667. The van der Waals surface area contributed by atoms with Crippen molar-refractivity contribution in [1.29, 1.82) is 0 Å². The second-order valence-corrected chi connectivity index (χ2v) is 4.43. The lowest BCUT2D eigenvalue weighted by Gasteiger charge is -2.20. The molecule has 1 aromatic heterocycles. The lowest BCUT2D eigenvalue weighted by Crippen LogP contribution is -2.36. The highest BCUT2D eigenvalue weighted by atomic mass is 16.6. The van der Waals surface area contributed by atoms with Crippen LogP contribution in [0.2, 0.25) is 0 Å². The average Bonchev–Trinajstić information content (AvgIpc) is 2.65. The minimum absolute atomic E-state index is 0.195. The molecule has 0 aliphatic carbocycles. The predicted molar refractivity (Wildman–Crippen MR) is 65.5 cm³/mol. The van der Waals surface area contributed by atoms with Gasteiger partial charge in [-0.3, -0.25) is 14.3 Å². The van der Waals surface area contributed by atoms with E-state index in [1.807, 2.05) is 13.8 Å². The quantitative estimate of drug-likeness (QED) is 0.855. The number of aromatic amines is 1. The van der Waals surface area contributed by atoms with Gasteiger partial charge in [0.1, 0.15) is 6.10 Å². The van der Waals surface area contributed by atoms with Crippen molar-refractivity contribution in [2.24, 2.45) is 5.92 Å². The third kappa shape index (κ3) is 2.13. The van der Waals surface area contributed by atoms with Crippen LogP contribution in [0.1, 0.15) is 30.6 Å². The molecule has 100 valence electrons. The molecule has 6 heteroatoms. The maximum atomic E-state index is 11.9. The van der Waals surface area contributed by atoms with Crippen LogP contribution < -0.4 is 11.2 Å². The standard InChI is InChI=1S/C12H18N2O4/c1-4-8-7(2)10(17-3)11(18-8)14-6-5-9(15)13-12(14)16/h5-8,10-11H,4H2,1-3H3,(H,13,15,16)/t7-,8-,10-,11-/m1/s1/i3D3. The third-order valence-corrected chi connectivity index (χ3v) is 3.36. The first kappa shape index (κ1) is 9.52. The molecule has 2 rings (SSSR count). The van der Waals surface area contributed by atoms with Crippen molar-refractivity contribution in [2.45, 2.75) is 38.7 Å². The predicted octanol–water partition coefficient (Wildman–Crippen LogP) is 0.495. The summed E-state index contributed by atoms with van der Waals surface area (Å²) in [6.45, 7) is 3.73. The average molecular weight is 257 g/mol. The van der Waals surface area contributed by atoms with Crippen LogP contribution in [0.15, 0.2) is 21.9 Å². The maximum Gasteiger partial charge on any atom is 0.330 e. The minimum atomic E-state index is -2.59. The molecule has 1 fully saturated rings. The molecule has 1 saturated heterocycles. The summed E-state index contributed by atoms with van der Waals surface area (Å²) in [4.78, 5) is 25.1. The molecule has 1 aliphatic rings. The van der Waals surface area contributed by atoms with Gasteiger partial charge in [0.15, 0.2) is 6.23 Å².